The summed E-state index contributed by atoms with van der Waals surface area (Å²) < 4.78 is 29.4. The van der Waals surface area contributed by atoms with Crippen molar-refractivity contribution in [2.75, 3.05) is 20.2 Å². The molecule has 3 saturated heterocycles. The van der Waals surface area contributed by atoms with Crippen molar-refractivity contribution in [2.45, 2.75) is 63.8 Å². The van der Waals surface area contributed by atoms with Gasteiger partial charge in [-0.05, 0) is 43.6 Å². The van der Waals surface area contributed by atoms with Gasteiger partial charge in [0.25, 0.3) is 0 Å². The standard InChI is InChI=1S/C22H28O7/c1-19-7-6-17(24)29-16(19)4-3-13-14-5-8-21(20(14,2)9-15(23)18(13)19)22(28-12-26-21)10-25-11-27-22/h4,13-14,18H,3,5-12H2,1-2H3/t13-,14-,18+,19+,20+,21+,22+/m1/s1. The molecule has 2 saturated carbocycles. The predicted molar refractivity (Wildman–Crippen MR) is 98.0 cm³/mol. The molecule has 29 heavy (non-hydrogen) atoms. The molecule has 6 rings (SSSR count). The number of carbonyl (C=O) groups is 2. The average Bonchev–Trinajstić information content (AvgIpc) is 3.37. The van der Waals surface area contributed by atoms with Gasteiger partial charge in [0.1, 0.15) is 23.8 Å². The fourth-order valence-electron chi connectivity index (χ4n) is 7.88. The van der Waals surface area contributed by atoms with E-state index in [1.54, 1.807) is 0 Å². The Morgan fingerprint density at radius 2 is 1.90 bits per heavy atom. The molecule has 0 N–H and O–H groups in total. The Labute approximate surface area is 170 Å². The van der Waals surface area contributed by atoms with Crippen LogP contribution in [-0.4, -0.2) is 43.3 Å². The van der Waals surface area contributed by atoms with Crippen molar-refractivity contribution in [1.29, 1.82) is 0 Å². The van der Waals surface area contributed by atoms with Crippen LogP contribution < -0.4 is 0 Å². The zero-order valence-electron chi connectivity index (χ0n) is 17.0. The Balaban J connectivity index is 1.42. The number of rotatable bonds is 0. The Kier molecular flexibility index (Phi) is 3.63. The van der Waals surface area contributed by atoms with Crippen LogP contribution in [-0.2, 0) is 33.3 Å². The molecule has 0 aromatic heterocycles. The number of fused-ring (bicyclic) bond motifs is 7. The van der Waals surface area contributed by atoms with Crippen molar-refractivity contribution in [3.63, 3.8) is 0 Å². The molecule has 0 bridgehead atoms. The van der Waals surface area contributed by atoms with Gasteiger partial charge in [-0.3, -0.25) is 9.59 Å². The number of hydrogen-bond acceptors (Lipinski definition) is 7. The largest absolute Gasteiger partial charge is 0.431 e. The normalized spacial score (nSPS) is 53.6. The number of ketones is 1. The van der Waals surface area contributed by atoms with Gasteiger partial charge in [0, 0.05) is 29.6 Å². The van der Waals surface area contributed by atoms with E-state index in [1.165, 1.54) is 0 Å². The number of carbonyl (C=O) groups excluding carboxylic acids is 2. The molecule has 0 aromatic carbocycles. The highest BCUT2D eigenvalue weighted by molar-refractivity contribution is 5.86. The van der Waals surface area contributed by atoms with E-state index in [1.807, 2.05) is 0 Å². The van der Waals surface area contributed by atoms with Gasteiger partial charge in [-0.15, -0.1) is 0 Å². The number of Topliss-reactive ketones (excluding diaryl/α,β-unsaturated/α-hetero) is 1. The smallest absolute Gasteiger partial charge is 0.310 e. The second-order valence-electron chi connectivity index (χ2n) is 10.1. The first-order chi connectivity index (χ1) is 13.9. The van der Waals surface area contributed by atoms with Gasteiger partial charge in [0.2, 0.25) is 5.79 Å². The maximum absolute atomic E-state index is 13.7. The van der Waals surface area contributed by atoms with Crippen LogP contribution in [0.3, 0.4) is 0 Å². The fourth-order valence-corrected chi connectivity index (χ4v) is 7.88. The average molecular weight is 404 g/mol. The lowest BCUT2D eigenvalue weighted by Crippen LogP contribution is -2.65. The summed E-state index contributed by atoms with van der Waals surface area (Å²) in [7, 11) is 0. The van der Waals surface area contributed by atoms with Crippen molar-refractivity contribution in [3.05, 3.63) is 11.8 Å². The molecule has 0 unspecified atom stereocenters. The van der Waals surface area contributed by atoms with Crippen LogP contribution in [0.4, 0.5) is 0 Å². The van der Waals surface area contributed by atoms with E-state index in [2.05, 4.69) is 19.9 Å². The van der Waals surface area contributed by atoms with E-state index in [9.17, 15) is 9.59 Å². The van der Waals surface area contributed by atoms with Crippen LogP contribution in [0, 0.1) is 28.6 Å². The molecule has 3 heterocycles. The first kappa shape index (κ1) is 18.5. The summed E-state index contributed by atoms with van der Waals surface area (Å²) in [5.74, 6) is 0.299. The molecule has 158 valence electrons. The summed E-state index contributed by atoms with van der Waals surface area (Å²) in [6.45, 7) is 5.01. The molecule has 0 radical (unpaired) electrons. The summed E-state index contributed by atoms with van der Waals surface area (Å²) in [6, 6.07) is 0. The number of hydrogen-bond donors (Lipinski definition) is 0. The highest BCUT2D eigenvalue weighted by Gasteiger charge is 2.76. The minimum atomic E-state index is -0.913. The summed E-state index contributed by atoms with van der Waals surface area (Å²) >= 11 is 0. The topological polar surface area (TPSA) is 80.3 Å². The summed E-state index contributed by atoms with van der Waals surface area (Å²) in [4.78, 5) is 25.6. The van der Waals surface area contributed by atoms with Gasteiger partial charge < -0.3 is 23.7 Å². The summed E-state index contributed by atoms with van der Waals surface area (Å²) in [5.41, 5.74) is -1.42. The molecule has 6 aliphatic rings. The summed E-state index contributed by atoms with van der Waals surface area (Å²) in [5, 5.41) is 0. The molecule has 7 atom stereocenters. The lowest BCUT2D eigenvalue weighted by Gasteiger charge is -2.57. The van der Waals surface area contributed by atoms with Crippen LogP contribution in [0.15, 0.2) is 11.8 Å². The highest BCUT2D eigenvalue weighted by Crippen LogP contribution is 2.70. The summed E-state index contributed by atoms with van der Waals surface area (Å²) in [6.07, 6.45) is 6.09. The van der Waals surface area contributed by atoms with Gasteiger partial charge in [-0.2, -0.15) is 0 Å². The van der Waals surface area contributed by atoms with Crippen molar-refractivity contribution in [1.82, 2.24) is 0 Å². The molecule has 7 nitrogen and oxygen atoms in total. The monoisotopic (exact) mass is 404 g/mol. The first-order valence-corrected chi connectivity index (χ1v) is 10.8. The molecule has 0 aromatic rings. The molecule has 2 spiro atoms. The second kappa shape index (κ2) is 5.69. The van der Waals surface area contributed by atoms with Crippen LogP contribution in [0.5, 0.6) is 0 Å². The van der Waals surface area contributed by atoms with Gasteiger partial charge in [0.15, 0.2) is 13.6 Å². The van der Waals surface area contributed by atoms with Crippen molar-refractivity contribution in [2.24, 2.45) is 28.6 Å². The van der Waals surface area contributed by atoms with Gasteiger partial charge in [-0.25, -0.2) is 0 Å². The molecular weight excluding hydrogens is 376 g/mol. The second-order valence-corrected chi connectivity index (χ2v) is 10.1. The fraction of sp³-hybridized carbons (Fsp3) is 0.818. The van der Waals surface area contributed by atoms with E-state index < -0.39 is 11.4 Å². The number of allylic oxidation sites excluding steroid dienone is 2. The van der Waals surface area contributed by atoms with Crippen LogP contribution >= 0.6 is 0 Å². The minimum absolute atomic E-state index is 0.108. The Morgan fingerprint density at radius 3 is 2.69 bits per heavy atom. The molecule has 0 amide bonds. The minimum Gasteiger partial charge on any atom is -0.431 e. The van der Waals surface area contributed by atoms with Crippen molar-refractivity contribution in [3.8, 4) is 0 Å². The van der Waals surface area contributed by atoms with Crippen molar-refractivity contribution >= 4 is 11.8 Å². The Morgan fingerprint density at radius 1 is 1.07 bits per heavy atom. The first-order valence-electron chi connectivity index (χ1n) is 10.8. The lowest BCUT2D eigenvalue weighted by atomic mass is 9.48. The Hall–Kier alpha value is -1.28. The SMILES string of the molecule is C[C@]12CCC(=O)OC1=CC[C@H]1[C@H]2C(=O)C[C@@]2(C)[C@@H]1CC[C@]21OCO[C@@]12COCO2. The van der Waals surface area contributed by atoms with Gasteiger partial charge in [-0.1, -0.05) is 13.8 Å². The van der Waals surface area contributed by atoms with Crippen molar-refractivity contribution < 1.29 is 33.3 Å². The number of ether oxygens (including phenoxy) is 5. The molecule has 3 aliphatic carbocycles. The van der Waals surface area contributed by atoms with Crippen LogP contribution in [0.1, 0.15) is 52.4 Å². The zero-order chi connectivity index (χ0) is 20.1. The molecule has 3 aliphatic heterocycles. The van der Waals surface area contributed by atoms with Crippen LogP contribution in [0.25, 0.3) is 0 Å². The molecule has 7 heteroatoms. The third-order valence-corrected chi connectivity index (χ3v) is 9.16. The Bertz CT molecular complexity index is 808. The number of esters is 1. The van der Waals surface area contributed by atoms with Crippen LogP contribution in [0.2, 0.25) is 0 Å². The zero-order valence-corrected chi connectivity index (χ0v) is 17.0. The van der Waals surface area contributed by atoms with E-state index >= 15 is 0 Å². The van der Waals surface area contributed by atoms with E-state index in [-0.39, 0.29) is 48.0 Å². The third kappa shape index (κ3) is 2.03. The van der Waals surface area contributed by atoms with Gasteiger partial charge in [0.05, 0.1) is 0 Å². The predicted octanol–water partition coefficient (Wildman–Crippen LogP) is 2.68. The maximum atomic E-state index is 13.7. The van der Waals surface area contributed by atoms with E-state index in [0.29, 0.717) is 37.5 Å². The highest BCUT2D eigenvalue weighted by atomic mass is 16.9. The molecule has 5 fully saturated rings. The quantitative estimate of drug-likeness (QED) is 0.574. The van der Waals surface area contributed by atoms with E-state index in [4.69, 9.17) is 23.7 Å². The third-order valence-electron chi connectivity index (χ3n) is 9.16. The maximum Gasteiger partial charge on any atom is 0.310 e. The van der Waals surface area contributed by atoms with Gasteiger partial charge >= 0.3 is 5.97 Å². The van der Waals surface area contributed by atoms with E-state index in [0.717, 1.165) is 19.3 Å². The molecular formula is C22H28O7. The lowest BCUT2D eigenvalue weighted by molar-refractivity contribution is -0.246.